The maximum absolute atomic E-state index is 13.4. The molecule has 1 fully saturated rings. The van der Waals surface area contributed by atoms with E-state index in [1.165, 1.54) is 0 Å². The van der Waals surface area contributed by atoms with Crippen molar-refractivity contribution in [2.75, 3.05) is 18.4 Å². The quantitative estimate of drug-likeness (QED) is 0.388. The van der Waals surface area contributed by atoms with Crippen LogP contribution in [0.5, 0.6) is 0 Å². The van der Waals surface area contributed by atoms with Gasteiger partial charge in [-0.15, -0.1) is 0 Å². The molecule has 2 atom stereocenters. The van der Waals surface area contributed by atoms with E-state index in [2.05, 4.69) is 16.4 Å². The normalized spacial score (nSPS) is 15.9. The maximum atomic E-state index is 13.4. The molecule has 1 aliphatic heterocycles. The predicted molar refractivity (Wildman–Crippen MR) is 143 cm³/mol. The SMILES string of the molecule is Cc1cc([C@@H](C)Nc2cccnc2C(=O)N2CCC(C#N)C2)c2oc(-c3ccccc3)c(C)c(=O)c2c1. The fourth-order valence-corrected chi connectivity index (χ4v) is 4.96. The highest BCUT2D eigenvalue weighted by Gasteiger charge is 2.29. The molecule has 0 radical (unpaired) electrons. The first kappa shape index (κ1) is 24.3. The summed E-state index contributed by atoms with van der Waals surface area (Å²) < 4.78 is 6.43. The largest absolute Gasteiger partial charge is 0.455 e. The Morgan fingerprint density at radius 3 is 2.70 bits per heavy atom. The highest BCUT2D eigenvalue weighted by Crippen LogP contribution is 2.32. The lowest BCUT2D eigenvalue weighted by Gasteiger charge is -2.21. The average Bonchev–Trinajstić information content (AvgIpc) is 3.40. The standard InChI is InChI=1S/C30H28N4O3/c1-18-14-23(29-24(15-18)27(35)19(2)28(37-29)22-8-5-4-6-9-22)20(3)33-25-10-7-12-32-26(25)30(36)34-13-11-21(16-31)17-34/h4-10,12,14-15,20-21,33H,11,13,17H2,1-3H3/t20-,21?/m1/s1. The molecule has 7 nitrogen and oxygen atoms in total. The number of anilines is 1. The Hall–Kier alpha value is -4.44. The Kier molecular flexibility index (Phi) is 6.49. The van der Waals surface area contributed by atoms with Gasteiger partial charge in [-0.25, -0.2) is 4.98 Å². The Morgan fingerprint density at radius 1 is 1.19 bits per heavy atom. The summed E-state index contributed by atoms with van der Waals surface area (Å²) in [6.07, 6.45) is 2.27. The van der Waals surface area contributed by atoms with E-state index in [9.17, 15) is 14.9 Å². The van der Waals surface area contributed by atoms with Gasteiger partial charge in [0.05, 0.1) is 29.1 Å². The third-order valence-corrected chi connectivity index (χ3v) is 6.93. The van der Waals surface area contributed by atoms with Gasteiger partial charge < -0.3 is 14.6 Å². The first-order valence-electron chi connectivity index (χ1n) is 12.4. The van der Waals surface area contributed by atoms with E-state index >= 15 is 0 Å². The number of amides is 1. The van der Waals surface area contributed by atoms with Crippen molar-refractivity contribution in [2.24, 2.45) is 5.92 Å². The maximum Gasteiger partial charge on any atom is 0.274 e. The number of hydrogen-bond acceptors (Lipinski definition) is 6. The third kappa shape index (κ3) is 4.58. The molecular weight excluding hydrogens is 464 g/mol. The summed E-state index contributed by atoms with van der Waals surface area (Å²) in [4.78, 5) is 32.7. The summed E-state index contributed by atoms with van der Waals surface area (Å²) >= 11 is 0. The summed E-state index contributed by atoms with van der Waals surface area (Å²) in [6, 6.07) is 19.0. The Labute approximate surface area is 215 Å². The van der Waals surface area contributed by atoms with Gasteiger partial charge >= 0.3 is 0 Å². The molecule has 1 N–H and O–H groups in total. The van der Waals surface area contributed by atoms with Gasteiger partial charge in [0.1, 0.15) is 11.3 Å². The van der Waals surface area contributed by atoms with Crippen LogP contribution in [0.4, 0.5) is 5.69 Å². The minimum Gasteiger partial charge on any atom is -0.455 e. The predicted octanol–water partition coefficient (Wildman–Crippen LogP) is 5.63. The molecule has 1 aliphatic rings. The number of hydrogen-bond donors (Lipinski definition) is 1. The smallest absolute Gasteiger partial charge is 0.274 e. The van der Waals surface area contributed by atoms with Gasteiger partial charge in [-0.1, -0.05) is 36.4 Å². The van der Waals surface area contributed by atoms with Gasteiger partial charge in [0.2, 0.25) is 0 Å². The third-order valence-electron chi connectivity index (χ3n) is 6.93. The number of pyridine rings is 1. The zero-order valence-corrected chi connectivity index (χ0v) is 21.1. The second kappa shape index (κ2) is 9.90. The van der Waals surface area contributed by atoms with Gasteiger partial charge in [0.25, 0.3) is 5.91 Å². The van der Waals surface area contributed by atoms with Crippen molar-refractivity contribution in [3.05, 3.63) is 93.4 Å². The van der Waals surface area contributed by atoms with Crippen LogP contribution in [-0.4, -0.2) is 28.9 Å². The lowest BCUT2D eigenvalue weighted by molar-refractivity contribution is 0.0785. The minimum absolute atomic E-state index is 0.0596. The van der Waals surface area contributed by atoms with Crippen molar-refractivity contribution in [1.29, 1.82) is 5.26 Å². The number of aryl methyl sites for hydroxylation is 1. The number of carbonyl (C=O) groups is 1. The summed E-state index contributed by atoms with van der Waals surface area (Å²) in [7, 11) is 0. The highest BCUT2D eigenvalue weighted by molar-refractivity contribution is 5.98. The molecule has 37 heavy (non-hydrogen) atoms. The second-order valence-corrected chi connectivity index (χ2v) is 9.61. The molecule has 1 amide bonds. The number of nitrogens with zero attached hydrogens (tertiary/aromatic N) is 3. The number of nitriles is 1. The van der Waals surface area contributed by atoms with Gasteiger partial charge in [-0.05, 0) is 51.0 Å². The van der Waals surface area contributed by atoms with Crippen LogP contribution in [0.15, 0.2) is 70.0 Å². The summed E-state index contributed by atoms with van der Waals surface area (Å²) in [6.45, 7) is 6.67. The van der Waals surface area contributed by atoms with Gasteiger partial charge in [0, 0.05) is 36.0 Å². The van der Waals surface area contributed by atoms with Gasteiger partial charge in [0.15, 0.2) is 11.1 Å². The number of rotatable bonds is 5. The molecule has 7 heteroatoms. The van der Waals surface area contributed by atoms with Crippen molar-refractivity contribution < 1.29 is 9.21 Å². The van der Waals surface area contributed by atoms with Crippen LogP contribution in [0, 0.1) is 31.1 Å². The molecule has 1 unspecified atom stereocenters. The Balaban J connectivity index is 1.55. The van der Waals surface area contributed by atoms with E-state index in [-0.39, 0.29) is 23.3 Å². The highest BCUT2D eigenvalue weighted by atomic mass is 16.3. The molecule has 2 aromatic carbocycles. The number of benzene rings is 2. The van der Waals surface area contributed by atoms with Crippen molar-refractivity contribution in [3.8, 4) is 17.4 Å². The van der Waals surface area contributed by atoms with Crippen molar-refractivity contribution in [3.63, 3.8) is 0 Å². The molecule has 0 bridgehead atoms. The summed E-state index contributed by atoms with van der Waals surface area (Å²) in [5.41, 5.74) is 4.53. The lowest BCUT2D eigenvalue weighted by atomic mass is 9.98. The molecule has 0 spiro atoms. The Morgan fingerprint density at radius 2 is 1.97 bits per heavy atom. The first-order chi connectivity index (χ1) is 17.9. The molecule has 0 aliphatic carbocycles. The zero-order chi connectivity index (χ0) is 26.1. The van der Waals surface area contributed by atoms with E-state index in [0.29, 0.717) is 53.2 Å². The van der Waals surface area contributed by atoms with Crippen LogP contribution < -0.4 is 10.7 Å². The number of carbonyl (C=O) groups excluding carboxylic acids is 1. The fourth-order valence-electron chi connectivity index (χ4n) is 4.96. The lowest BCUT2D eigenvalue weighted by Crippen LogP contribution is -2.30. The molecule has 186 valence electrons. The minimum atomic E-state index is -0.293. The van der Waals surface area contributed by atoms with E-state index in [1.54, 1.807) is 24.1 Å². The second-order valence-electron chi connectivity index (χ2n) is 9.61. The monoisotopic (exact) mass is 492 g/mol. The fraction of sp³-hybridized carbons (Fsp3) is 0.267. The first-order valence-corrected chi connectivity index (χ1v) is 12.4. The zero-order valence-electron chi connectivity index (χ0n) is 21.1. The molecular formula is C30H28N4O3. The summed E-state index contributed by atoms with van der Waals surface area (Å²) in [5, 5.41) is 13.2. The number of aromatic nitrogens is 1. The van der Waals surface area contributed by atoms with Crippen LogP contribution >= 0.6 is 0 Å². The molecule has 3 heterocycles. The van der Waals surface area contributed by atoms with Crippen LogP contribution in [0.1, 0.15) is 46.6 Å². The number of fused-ring (bicyclic) bond motifs is 1. The van der Waals surface area contributed by atoms with Crippen LogP contribution in [-0.2, 0) is 0 Å². The van der Waals surface area contributed by atoms with Crippen molar-refractivity contribution in [2.45, 2.75) is 33.2 Å². The van der Waals surface area contributed by atoms with Gasteiger partial charge in [-0.2, -0.15) is 5.26 Å². The van der Waals surface area contributed by atoms with E-state index in [4.69, 9.17) is 4.42 Å². The van der Waals surface area contributed by atoms with Gasteiger partial charge in [-0.3, -0.25) is 9.59 Å². The summed E-state index contributed by atoms with van der Waals surface area (Å²) in [5.74, 6) is 0.205. The molecule has 4 aromatic rings. The number of nitrogens with one attached hydrogen (secondary N) is 1. The van der Waals surface area contributed by atoms with E-state index in [0.717, 1.165) is 16.7 Å². The van der Waals surface area contributed by atoms with E-state index < -0.39 is 0 Å². The molecule has 1 saturated heterocycles. The molecule has 0 saturated carbocycles. The van der Waals surface area contributed by atoms with E-state index in [1.807, 2.05) is 62.4 Å². The topological polar surface area (TPSA) is 99.2 Å². The number of likely N-dealkylation sites (tertiary alicyclic amines) is 1. The average molecular weight is 493 g/mol. The Bertz CT molecular complexity index is 1590. The van der Waals surface area contributed by atoms with Crippen molar-refractivity contribution >= 4 is 22.6 Å². The molecule has 2 aromatic heterocycles. The van der Waals surface area contributed by atoms with Crippen LogP contribution in [0.25, 0.3) is 22.3 Å². The molecule has 5 rings (SSSR count). The van der Waals surface area contributed by atoms with Crippen molar-refractivity contribution in [1.82, 2.24) is 9.88 Å². The van der Waals surface area contributed by atoms with Crippen LogP contribution in [0.3, 0.4) is 0 Å². The van der Waals surface area contributed by atoms with Crippen LogP contribution in [0.2, 0.25) is 0 Å².